The van der Waals surface area contributed by atoms with Gasteiger partial charge in [0.25, 0.3) is 0 Å². The van der Waals surface area contributed by atoms with Crippen LogP contribution in [0.3, 0.4) is 0 Å². The van der Waals surface area contributed by atoms with Crippen LogP contribution in [0.2, 0.25) is 0 Å². The first-order chi connectivity index (χ1) is 6.24. The Hall–Kier alpha value is -0.810. The molecule has 0 aliphatic rings. The van der Waals surface area contributed by atoms with Crippen LogP contribution in [0.15, 0.2) is 0 Å². The van der Waals surface area contributed by atoms with Crippen molar-refractivity contribution in [3.05, 3.63) is 0 Å². The summed E-state index contributed by atoms with van der Waals surface area (Å²) in [5.41, 5.74) is 0. The zero-order valence-corrected chi connectivity index (χ0v) is 8.89. The number of carbonyl (C=O) groups excluding carboxylic acids is 1. The van der Waals surface area contributed by atoms with Gasteiger partial charge in [-0.15, -0.1) is 5.92 Å². The van der Waals surface area contributed by atoms with Crippen molar-refractivity contribution in [3.8, 4) is 11.8 Å². The molecule has 74 valence electrons. The Morgan fingerprint density at radius 3 is 2.38 bits per heavy atom. The van der Waals surface area contributed by atoms with E-state index < -0.39 is 0 Å². The third kappa shape index (κ3) is 6.36. The number of hydrogen-bond acceptors (Lipinski definition) is 2. The Balaban J connectivity index is 3.60. The second-order valence-corrected chi connectivity index (χ2v) is 2.92. The van der Waals surface area contributed by atoms with Gasteiger partial charge >= 0.3 is 0 Å². The van der Waals surface area contributed by atoms with E-state index in [9.17, 15) is 4.79 Å². The number of ketones is 1. The molecule has 0 unspecified atom stereocenters. The molecule has 0 aromatic rings. The maximum absolute atomic E-state index is 11.2. The lowest BCUT2D eigenvalue weighted by Crippen LogP contribution is -2.25. The fraction of sp³-hybridized carbons (Fsp3) is 0.727. The average molecular weight is 181 g/mol. The Kier molecular flexibility index (Phi) is 7.33. The molecule has 0 aliphatic heterocycles. The summed E-state index contributed by atoms with van der Waals surface area (Å²) in [5, 5.41) is 0. The van der Waals surface area contributed by atoms with E-state index in [2.05, 4.69) is 30.6 Å². The van der Waals surface area contributed by atoms with Gasteiger partial charge in [-0.25, -0.2) is 0 Å². The van der Waals surface area contributed by atoms with Crippen LogP contribution in [0.1, 0.15) is 33.6 Å². The first kappa shape index (κ1) is 12.2. The quantitative estimate of drug-likeness (QED) is 0.581. The number of rotatable bonds is 6. The van der Waals surface area contributed by atoms with E-state index in [-0.39, 0.29) is 5.78 Å². The molecule has 0 radical (unpaired) electrons. The number of hydrogen-bond donors (Lipinski definition) is 0. The molecule has 0 rings (SSSR count). The molecule has 0 atom stereocenters. The highest BCUT2D eigenvalue weighted by molar-refractivity contribution is 5.80. The molecule has 0 aromatic carbocycles. The minimum Gasteiger partial charge on any atom is -0.303 e. The van der Waals surface area contributed by atoms with Gasteiger partial charge in [0.2, 0.25) is 0 Å². The molecular formula is C11H19NO. The standard InChI is InChI=1S/C11H19NO/c1-4-7-8-11(13)9-10-12(5-2)6-3/h5-6,8-10H2,1-3H3. The Morgan fingerprint density at radius 2 is 1.92 bits per heavy atom. The van der Waals surface area contributed by atoms with Crippen LogP contribution in [0.5, 0.6) is 0 Å². The summed E-state index contributed by atoms with van der Waals surface area (Å²) >= 11 is 0. The minimum atomic E-state index is 0.251. The van der Waals surface area contributed by atoms with Crippen LogP contribution in [-0.4, -0.2) is 30.3 Å². The molecule has 2 nitrogen and oxygen atoms in total. The Labute approximate surface area is 81.3 Å². The normalized spacial score (nSPS) is 9.54. The lowest BCUT2D eigenvalue weighted by Gasteiger charge is -2.16. The molecule has 0 N–H and O–H groups in total. The topological polar surface area (TPSA) is 20.3 Å². The summed E-state index contributed by atoms with van der Waals surface area (Å²) in [7, 11) is 0. The van der Waals surface area contributed by atoms with Gasteiger partial charge in [-0.05, 0) is 20.0 Å². The monoisotopic (exact) mass is 181 g/mol. The summed E-state index contributed by atoms with van der Waals surface area (Å²) in [4.78, 5) is 13.5. The molecule has 13 heavy (non-hydrogen) atoms. The van der Waals surface area contributed by atoms with Gasteiger partial charge in [-0.2, -0.15) is 0 Å². The Morgan fingerprint density at radius 1 is 1.31 bits per heavy atom. The third-order valence-electron chi connectivity index (χ3n) is 2.06. The summed E-state index contributed by atoms with van der Waals surface area (Å²) in [6.45, 7) is 8.89. The van der Waals surface area contributed by atoms with E-state index in [1.807, 2.05) is 0 Å². The SMILES string of the molecule is CC#CCC(=O)CCN(CC)CC. The van der Waals surface area contributed by atoms with Gasteiger partial charge in [0.1, 0.15) is 5.78 Å². The highest BCUT2D eigenvalue weighted by Crippen LogP contribution is 1.94. The number of nitrogens with zero attached hydrogens (tertiary/aromatic N) is 1. The fourth-order valence-electron chi connectivity index (χ4n) is 1.10. The van der Waals surface area contributed by atoms with E-state index in [0.29, 0.717) is 12.8 Å². The molecule has 0 heterocycles. The second kappa shape index (κ2) is 7.82. The lowest BCUT2D eigenvalue weighted by molar-refractivity contribution is -0.118. The predicted octanol–water partition coefficient (Wildman–Crippen LogP) is 1.70. The Bertz CT molecular complexity index is 196. The maximum atomic E-state index is 11.2. The van der Waals surface area contributed by atoms with Crippen LogP contribution in [-0.2, 0) is 4.79 Å². The molecule has 0 saturated heterocycles. The molecule has 0 bridgehead atoms. The maximum Gasteiger partial charge on any atom is 0.146 e. The molecule has 2 heteroatoms. The zero-order chi connectivity index (χ0) is 10.1. The van der Waals surface area contributed by atoms with Crippen LogP contribution >= 0.6 is 0 Å². The van der Waals surface area contributed by atoms with Crippen molar-refractivity contribution in [3.63, 3.8) is 0 Å². The summed E-state index contributed by atoms with van der Waals surface area (Å²) in [6, 6.07) is 0. The first-order valence-electron chi connectivity index (χ1n) is 4.88. The highest BCUT2D eigenvalue weighted by Gasteiger charge is 2.03. The van der Waals surface area contributed by atoms with Gasteiger partial charge < -0.3 is 4.90 Å². The zero-order valence-electron chi connectivity index (χ0n) is 8.89. The molecule has 0 saturated carbocycles. The molecule has 0 amide bonds. The van der Waals surface area contributed by atoms with Crippen LogP contribution in [0.4, 0.5) is 0 Å². The van der Waals surface area contributed by atoms with Crippen LogP contribution < -0.4 is 0 Å². The largest absolute Gasteiger partial charge is 0.303 e. The summed E-state index contributed by atoms with van der Waals surface area (Å²) in [6.07, 6.45) is 1.05. The van der Waals surface area contributed by atoms with Gasteiger partial charge in [0.15, 0.2) is 0 Å². The number of carbonyl (C=O) groups is 1. The van der Waals surface area contributed by atoms with Gasteiger partial charge in [-0.1, -0.05) is 19.8 Å². The second-order valence-electron chi connectivity index (χ2n) is 2.92. The summed E-state index contributed by atoms with van der Waals surface area (Å²) in [5.74, 6) is 5.77. The van der Waals surface area contributed by atoms with Crippen molar-refractivity contribution in [2.24, 2.45) is 0 Å². The van der Waals surface area contributed by atoms with E-state index in [4.69, 9.17) is 0 Å². The van der Waals surface area contributed by atoms with E-state index in [1.165, 1.54) is 0 Å². The van der Waals surface area contributed by atoms with E-state index in [1.54, 1.807) is 6.92 Å². The summed E-state index contributed by atoms with van der Waals surface area (Å²) < 4.78 is 0. The van der Waals surface area contributed by atoms with Gasteiger partial charge in [0, 0.05) is 13.0 Å². The molecule has 0 fully saturated rings. The minimum absolute atomic E-state index is 0.251. The van der Waals surface area contributed by atoms with Gasteiger partial charge in [-0.3, -0.25) is 4.79 Å². The molecular weight excluding hydrogens is 162 g/mol. The van der Waals surface area contributed by atoms with Crippen molar-refractivity contribution < 1.29 is 4.79 Å². The predicted molar refractivity (Wildman–Crippen MR) is 55.5 cm³/mol. The van der Waals surface area contributed by atoms with E-state index >= 15 is 0 Å². The van der Waals surface area contributed by atoms with Crippen LogP contribution in [0, 0.1) is 11.8 Å². The molecule has 0 spiro atoms. The first-order valence-corrected chi connectivity index (χ1v) is 4.88. The van der Waals surface area contributed by atoms with Crippen molar-refractivity contribution in [2.45, 2.75) is 33.6 Å². The smallest absolute Gasteiger partial charge is 0.146 e. The molecule has 0 aromatic heterocycles. The van der Waals surface area contributed by atoms with Crippen molar-refractivity contribution in [1.82, 2.24) is 4.90 Å². The lowest BCUT2D eigenvalue weighted by atomic mass is 10.2. The third-order valence-corrected chi connectivity index (χ3v) is 2.06. The van der Waals surface area contributed by atoms with Crippen molar-refractivity contribution >= 4 is 5.78 Å². The van der Waals surface area contributed by atoms with Gasteiger partial charge in [0.05, 0.1) is 6.42 Å². The van der Waals surface area contributed by atoms with Crippen LogP contribution in [0.25, 0.3) is 0 Å². The highest BCUT2D eigenvalue weighted by atomic mass is 16.1. The number of Topliss-reactive ketones (excluding diaryl/α,β-unsaturated/α-hetero) is 1. The van der Waals surface area contributed by atoms with E-state index in [0.717, 1.165) is 19.6 Å². The fourth-order valence-corrected chi connectivity index (χ4v) is 1.10. The van der Waals surface area contributed by atoms with Crippen molar-refractivity contribution in [1.29, 1.82) is 0 Å². The molecule has 0 aliphatic carbocycles. The van der Waals surface area contributed by atoms with Crippen molar-refractivity contribution in [2.75, 3.05) is 19.6 Å². The average Bonchev–Trinajstić information content (AvgIpc) is 2.16.